The Morgan fingerprint density at radius 2 is 2.23 bits per heavy atom. The van der Waals surface area contributed by atoms with E-state index in [0.29, 0.717) is 19.6 Å². The van der Waals surface area contributed by atoms with Crippen molar-refractivity contribution in [2.24, 2.45) is 0 Å². The third-order valence-electron chi connectivity index (χ3n) is 2.07. The van der Waals surface area contributed by atoms with E-state index in [1.54, 1.807) is 6.92 Å². The van der Waals surface area contributed by atoms with E-state index in [9.17, 15) is 15.0 Å². The molecule has 13 heavy (non-hydrogen) atoms. The summed E-state index contributed by atoms with van der Waals surface area (Å²) in [5.74, 6) is 0. The van der Waals surface area contributed by atoms with E-state index in [1.807, 2.05) is 0 Å². The minimum atomic E-state index is -0.849. The van der Waals surface area contributed by atoms with E-state index in [-0.39, 0.29) is 6.54 Å². The van der Waals surface area contributed by atoms with Crippen molar-refractivity contribution >= 4 is 6.09 Å². The third kappa shape index (κ3) is 2.57. The maximum Gasteiger partial charge on any atom is 0.409 e. The first-order chi connectivity index (χ1) is 6.15. The number of carbonyl (C=O) groups excluding carboxylic acids is 1. The lowest BCUT2D eigenvalue weighted by atomic mass is 10.1. The van der Waals surface area contributed by atoms with Gasteiger partial charge < -0.3 is 19.8 Å². The van der Waals surface area contributed by atoms with Crippen molar-refractivity contribution in [1.29, 1.82) is 0 Å². The molecular formula is C8H15NO4. The Bertz CT molecular complexity index is 185. The molecule has 1 aliphatic heterocycles. The highest BCUT2D eigenvalue weighted by atomic mass is 16.6. The zero-order valence-corrected chi connectivity index (χ0v) is 7.64. The van der Waals surface area contributed by atoms with Gasteiger partial charge in [0.1, 0.15) is 0 Å². The molecule has 1 heterocycles. The number of nitrogens with zero attached hydrogens (tertiary/aromatic N) is 1. The van der Waals surface area contributed by atoms with Crippen LogP contribution < -0.4 is 0 Å². The van der Waals surface area contributed by atoms with Gasteiger partial charge in [0.05, 0.1) is 25.4 Å². The van der Waals surface area contributed by atoms with Gasteiger partial charge in [0.25, 0.3) is 0 Å². The second-order valence-electron chi connectivity index (χ2n) is 3.07. The largest absolute Gasteiger partial charge is 0.450 e. The van der Waals surface area contributed by atoms with Gasteiger partial charge in [0, 0.05) is 6.54 Å². The lowest BCUT2D eigenvalue weighted by molar-refractivity contribution is -0.0360. The molecule has 2 unspecified atom stereocenters. The molecule has 1 amide bonds. The van der Waals surface area contributed by atoms with Gasteiger partial charge in [-0.05, 0) is 13.3 Å². The average Bonchev–Trinajstić information content (AvgIpc) is 2.10. The van der Waals surface area contributed by atoms with Crippen LogP contribution in [0.2, 0.25) is 0 Å². The number of hydrogen-bond donors (Lipinski definition) is 2. The first-order valence-electron chi connectivity index (χ1n) is 4.43. The Morgan fingerprint density at radius 3 is 2.77 bits per heavy atom. The van der Waals surface area contributed by atoms with Crippen molar-refractivity contribution in [2.75, 3.05) is 19.7 Å². The molecule has 0 radical (unpaired) electrons. The van der Waals surface area contributed by atoms with Crippen molar-refractivity contribution in [3.05, 3.63) is 0 Å². The second kappa shape index (κ2) is 4.43. The number of aliphatic hydroxyl groups is 2. The monoisotopic (exact) mass is 189 g/mol. The SMILES string of the molecule is CCOC(=O)N1CCC(O)C(O)C1. The maximum absolute atomic E-state index is 11.2. The zero-order valence-electron chi connectivity index (χ0n) is 7.64. The molecule has 0 bridgehead atoms. The van der Waals surface area contributed by atoms with Crippen LogP contribution in [0.5, 0.6) is 0 Å². The van der Waals surface area contributed by atoms with E-state index in [2.05, 4.69) is 0 Å². The highest BCUT2D eigenvalue weighted by molar-refractivity contribution is 5.67. The molecule has 1 aliphatic rings. The van der Waals surface area contributed by atoms with Gasteiger partial charge in [-0.15, -0.1) is 0 Å². The molecule has 1 saturated heterocycles. The van der Waals surface area contributed by atoms with E-state index < -0.39 is 18.3 Å². The summed E-state index contributed by atoms with van der Waals surface area (Å²) in [7, 11) is 0. The predicted molar refractivity (Wildman–Crippen MR) is 45.2 cm³/mol. The summed E-state index contributed by atoms with van der Waals surface area (Å²) in [5.41, 5.74) is 0. The Balaban J connectivity index is 2.40. The van der Waals surface area contributed by atoms with E-state index in [4.69, 9.17) is 4.74 Å². The predicted octanol–water partition coefficient (Wildman–Crippen LogP) is -0.430. The number of rotatable bonds is 1. The van der Waals surface area contributed by atoms with Crippen LogP contribution in [0.4, 0.5) is 4.79 Å². The van der Waals surface area contributed by atoms with Crippen molar-refractivity contribution in [1.82, 2.24) is 4.90 Å². The number of aliphatic hydroxyl groups excluding tert-OH is 2. The van der Waals surface area contributed by atoms with E-state index >= 15 is 0 Å². The molecular weight excluding hydrogens is 174 g/mol. The first kappa shape index (κ1) is 10.3. The fourth-order valence-electron chi connectivity index (χ4n) is 1.30. The standard InChI is InChI=1S/C8H15NO4/c1-2-13-8(12)9-4-3-6(10)7(11)5-9/h6-7,10-11H,2-5H2,1H3. The molecule has 76 valence electrons. The summed E-state index contributed by atoms with van der Waals surface area (Å²) >= 11 is 0. The minimum absolute atomic E-state index is 0.153. The Hall–Kier alpha value is -0.810. The van der Waals surface area contributed by atoms with Crippen LogP contribution in [-0.4, -0.2) is 53.1 Å². The Labute approximate surface area is 76.9 Å². The van der Waals surface area contributed by atoms with Crippen LogP contribution >= 0.6 is 0 Å². The van der Waals surface area contributed by atoms with Gasteiger partial charge in [0.2, 0.25) is 0 Å². The number of carbonyl (C=O) groups is 1. The van der Waals surface area contributed by atoms with Crippen molar-refractivity contribution in [3.8, 4) is 0 Å². The summed E-state index contributed by atoms with van der Waals surface area (Å²) in [6, 6.07) is 0. The molecule has 0 aromatic rings. The van der Waals surface area contributed by atoms with Crippen molar-refractivity contribution < 1.29 is 19.7 Å². The summed E-state index contributed by atoms with van der Waals surface area (Å²) in [6.07, 6.45) is -1.59. The lowest BCUT2D eigenvalue weighted by Gasteiger charge is -2.32. The number of piperidine rings is 1. The molecule has 2 atom stereocenters. The molecule has 0 aromatic carbocycles. The maximum atomic E-state index is 11.2. The van der Waals surface area contributed by atoms with Crippen molar-refractivity contribution in [3.63, 3.8) is 0 Å². The summed E-state index contributed by atoms with van der Waals surface area (Å²) in [4.78, 5) is 12.6. The van der Waals surface area contributed by atoms with Crippen LogP contribution in [0.25, 0.3) is 0 Å². The molecule has 1 fully saturated rings. The summed E-state index contributed by atoms with van der Waals surface area (Å²) in [5, 5.41) is 18.4. The van der Waals surface area contributed by atoms with E-state index in [0.717, 1.165) is 0 Å². The first-order valence-corrected chi connectivity index (χ1v) is 4.43. The topological polar surface area (TPSA) is 70.0 Å². The number of hydrogen-bond acceptors (Lipinski definition) is 4. The lowest BCUT2D eigenvalue weighted by Crippen LogP contribution is -2.49. The Kier molecular flexibility index (Phi) is 3.50. The van der Waals surface area contributed by atoms with Gasteiger partial charge in [-0.25, -0.2) is 4.79 Å². The van der Waals surface area contributed by atoms with Crippen molar-refractivity contribution in [2.45, 2.75) is 25.6 Å². The second-order valence-corrected chi connectivity index (χ2v) is 3.07. The smallest absolute Gasteiger partial charge is 0.409 e. The Morgan fingerprint density at radius 1 is 1.54 bits per heavy atom. The number of likely N-dealkylation sites (tertiary alicyclic amines) is 1. The molecule has 0 spiro atoms. The quantitative estimate of drug-likeness (QED) is 0.587. The molecule has 1 rings (SSSR count). The molecule has 5 nitrogen and oxygen atoms in total. The number of ether oxygens (including phenoxy) is 1. The van der Waals surface area contributed by atoms with E-state index in [1.165, 1.54) is 4.90 Å². The van der Waals surface area contributed by atoms with Crippen LogP contribution in [-0.2, 0) is 4.74 Å². The summed E-state index contributed by atoms with van der Waals surface area (Å²) in [6.45, 7) is 2.65. The molecule has 0 aliphatic carbocycles. The van der Waals surface area contributed by atoms with Gasteiger partial charge in [-0.1, -0.05) is 0 Å². The normalized spacial score (nSPS) is 28.7. The van der Waals surface area contributed by atoms with Crippen LogP contribution in [0, 0.1) is 0 Å². The highest BCUT2D eigenvalue weighted by Crippen LogP contribution is 2.11. The van der Waals surface area contributed by atoms with Gasteiger partial charge >= 0.3 is 6.09 Å². The van der Waals surface area contributed by atoms with Crippen LogP contribution in [0.15, 0.2) is 0 Å². The number of β-amino-alcohol motifs (C(OH)–C–C–N with tert-alkyl or cyclic N) is 1. The highest BCUT2D eigenvalue weighted by Gasteiger charge is 2.29. The third-order valence-corrected chi connectivity index (χ3v) is 2.07. The zero-order chi connectivity index (χ0) is 9.84. The molecule has 5 heteroatoms. The van der Waals surface area contributed by atoms with Gasteiger partial charge in [-0.2, -0.15) is 0 Å². The molecule has 0 aromatic heterocycles. The minimum Gasteiger partial charge on any atom is -0.450 e. The van der Waals surface area contributed by atoms with Gasteiger partial charge in [0.15, 0.2) is 0 Å². The fourth-order valence-corrected chi connectivity index (χ4v) is 1.30. The summed E-state index contributed by atoms with van der Waals surface area (Å²) < 4.78 is 4.76. The molecule has 2 N–H and O–H groups in total. The molecule has 0 saturated carbocycles. The number of amides is 1. The van der Waals surface area contributed by atoms with Crippen LogP contribution in [0.1, 0.15) is 13.3 Å². The fraction of sp³-hybridized carbons (Fsp3) is 0.875. The van der Waals surface area contributed by atoms with Gasteiger partial charge in [-0.3, -0.25) is 0 Å². The average molecular weight is 189 g/mol. The van der Waals surface area contributed by atoms with Crippen LogP contribution in [0.3, 0.4) is 0 Å².